The van der Waals surface area contributed by atoms with Gasteiger partial charge in [-0.1, -0.05) is 0 Å². The highest BCUT2D eigenvalue weighted by Crippen LogP contribution is 2.22. The maximum atomic E-state index is 11.9. The van der Waals surface area contributed by atoms with Crippen LogP contribution in [0.2, 0.25) is 0 Å². The molecule has 0 aromatic carbocycles. The Morgan fingerprint density at radius 1 is 1.64 bits per heavy atom. The van der Waals surface area contributed by atoms with Crippen LogP contribution in [0.1, 0.15) is 22.5 Å². The number of amides is 1. The van der Waals surface area contributed by atoms with Crippen molar-refractivity contribution in [3.05, 3.63) is 23.7 Å². The first-order valence-corrected chi connectivity index (χ1v) is 2.78. The Labute approximate surface area is 60.8 Å². The van der Waals surface area contributed by atoms with E-state index in [9.17, 15) is 13.6 Å². The molecular formula is C6H5F2NO2. The second kappa shape index (κ2) is 2.69. The van der Waals surface area contributed by atoms with Gasteiger partial charge in [-0.3, -0.25) is 4.79 Å². The lowest BCUT2D eigenvalue weighted by molar-refractivity contribution is 0.0963. The maximum absolute atomic E-state index is 11.9. The molecule has 60 valence electrons. The predicted molar refractivity (Wildman–Crippen MR) is 32.2 cm³/mol. The lowest BCUT2D eigenvalue weighted by atomic mass is 10.2. The molecule has 0 fully saturated rings. The number of alkyl halides is 2. The van der Waals surface area contributed by atoms with Crippen LogP contribution in [0.25, 0.3) is 0 Å². The smallest absolute Gasteiger partial charge is 0.296 e. The Morgan fingerprint density at radius 3 is 2.64 bits per heavy atom. The van der Waals surface area contributed by atoms with Crippen molar-refractivity contribution in [3.8, 4) is 0 Å². The van der Waals surface area contributed by atoms with Gasteiger partial charge >= 0.3 is 0 Å². The lowest BCUT2D eigenvalue weighted by Crippen LogP contribution is -2.11. The molecule has 0 atom stereocenters. The van der Waals surface area contributed by atoms with Gasteiger partial charge in [-0.05, 0) is 6.07 Å². The van der Waals surface area contributed by atoms with Gasteiger partial charge in [0.25, 0.3) is 12.3 Å². The number of halogens is 2. The highest BCUT2D eigenvalue weighted by atomic mass is 19.3. The van der Waals surface area contributed by atoms with E-state index in [1.807, 2.05) is 0 Å². The fourth-order valence-electron chi connectivity index (χ4n) is 0.694. The van der Waals surface area contributed by atoms with Crippen LogP contribution in [0.3, 0.4) is 0 Å². The number of rotatable bonds is 2. The van der Waals surface area contributed by atoms with Gasteiger partial charge in [0.1, 0.15) is 0 Å². The third kappa shape index (κ3) is 1.36. The molecule has 1 heterocycles. The minimum Gasteiger partial charge on any atom is -0.462 e. The summed E-state index contributed by atoms with van der Waals surface area (Å²) in [5.41, 5.74) is 4.50. The van der Waals surface area contributed by atoms with E-state index >= 15 is 0 Å². The SMILES string of the molecule is NC(=O)c1ccoc1C(F)F. The van der Waals surface area contributed by atoms with Gasteiger partial charge < -0.3 is 10.2 Å². The number of primary amides is 1. The van der Waals surface area contributed by atoms with Crippen molar-refractivity contribution in [2.75, 3.05) is 0 Å². The Bertz CT molecular complexity index is 269. The van der Waals surface area contributed by atoms with Crippen LogP contribution in [0.5, 0.6) is 0 Å². The average molecular weight is 161 g/mol. The Kier molecular flexibility index (Phi) is 1.89. The molecule has 2 N–H and O–H groups in total. The first-order valence-electron chi connectivity index (χ1n) is 2.78. The zero-order valence-electron chi connectivity index (χ0n) is 5.38. The molecule has 11 heavy (non-hydrogen) atoms. The topological polar surface area (TPSA) is 56.2 Å². The van der Waals surface area contributed by atoms with Crippen LogP contribution >= 0.6 is 0 Å². The molecule has 1 aromatic rings. The Hall–Kier alpha value is -1.39. The largest absolute Gasteiger partial charge is 0.462 e. The number of furan rings is 1. The van der Waals surface area contributed by atoms with Crippen molar-refractivity contribution >= 4 is 5.91 Å². The van der Waals surface area contributed by atoms with E-state index < -0.39 is 18.1 Å². The summed E-state index contributed by atoms with van der Waals surface area (Å²) in [6, 6.07) is 1.11. The third-order valence-corrected chi connectivity index (χ3v) is 1.16. The summed E-state index contributed by atoms with van der Waals surface area (Å²) < 4.78 is 28.2. The minimum absolute atomic E-state index is 0.264. The van der Waals surface area contributed by atoms with E-state index in [0.717, 1.165) is 12.3 Å². The summed E-state index contributed by atoms with van der Waals surface area (Å²) in [7, 11) is 0. The molecule has 0 saturated carbocycles. The van der Waals surface area contributed by atoms with Crippen LogP contribution < -0.4 is 5.73 Å². The number of carbonyl (C=O) groups is 1. The van der Waals surface area contributed by atoms with Crippen molar-refractivity contribution < 1.29 is 18.0 Å². The predicted octanol–water partition coefficient (Wildman–Crippen LogP) is 1.32. The van der Waals surface area contributed by atoms with Crippen LogP contribution in [0, 0.1) is 0 Å². The first-order chi connectivity index (χ1) is 5.13. The molecule has 1 aromatic heterocycles. The van der Waals surface area contributed by atoms with Crippen molar-refractivity contribution in [1.29, 1.82) is 0 Å². The van der Waals surface area contributed by atoms with Crippen LogP contribution in [-0.4, -0.2) is 5.91 Å². The third-order valence-electron chi connectivity index (χ3n) is 1.16. The van der Waals surface area contributed by atoms with E-state index in [1.165, 1.54) is 0 Å². The second-order valence-corrected chi connectivity index (χ2v) is 1.86. The highest BCUT2D eigenvalue weighted by Gasteiger charge is 2.19. The molecule has 0 unspecified atom stereocenters. The normalized spacial score (nSPS) is 10.5. The van der Waals surface area contributed by atoms with Gasteiger partial charge in [0, 0.05) is 0 Å². The van der Waals surface area contributed by atoms with E-state index in [2.05, 4.69) is 4.42 Å². The molecular weight excluding hydrogens is 156 g/mol. The Morgan fingerprint density at radius 2 is 2.27 bits per heavy atom. The average Bonchev–Trinajstić information content (AvgIpc) is 2.32. The zero-order chi connectivity index (χ0) is 8.43. The molecule has 0 aliphatic rings. The fourth-order valence-corrected chi connectivity index (χ4v) is 0.694. The molecule has 1 amide bonds. The van der Waals surface area contributed by atoms with Gasteiger partial charge in [-0.25, -0.2) is 8.78 Å². The quantitative estimate of drug-likeness (QED) is 0.710. The second-order valence-electron chi connectivity index (χ2n) is 1.86. The van der Waals surface area contributed by atoms with Crippen LogP contribution in [0.15, 0.2) is 16.7 Å². The lowest BCUT2D eigenvalue weighted by Gasteiger charge is -1.94. The highest BCUT2D eigenvalue weighted by molar-refractivity contribution is 5.93. The van der Waals surface area contributed by atoms with Crippen molar-refractivity contribution in [1.82, 2.24) is 0 Å². The van der Waals surface area contributed by atoms with Crippen molar-refractivity contribution in [2.24, 2.45) is 5.73 Å². The van der Waals surface area contributed by atoms with E-state index in [1.54, 1.807) is 0 Å². The summed E-state index contributed by atoms with van der Waals surface area (Å²) in [5, 5.41) is 0. The van der Waals surface area contributed by atoms with Crippen LogP contribution in [-0.2, 0) is 0 Å². The number of hydrogen-bond acceptors (Lipinski definition) is 2. The summed E-state index contributed by atoms with van der Waals surface area (Å²) in [4.78, 5) is 10.4. The number of hydrogen-bond donors (Lipinski definition) is 1. The van der Waals surface area contributed by atoms with Gasteiger partial charge in [0.05, 0.1) is 11.8 Å². The molecule has 0 aliphatic carbocycles. The molecule has 0 radical (unpaired) electrons. The zero-order valence-corrected chi connectivity index (χ0v) is 5.38. The summed E-state index contributed by atoms with van der Waals surface area (Å²) in [6.07, 6.45) is -1.80. The monoisotopic (exact) mass is 161 g/mol. The first kappa shape index (κ1) is 7.71. The number of carbonyl (C=O) groups excluding carboxylic acids is 1. The van der Waals surface area contributed by atoms with Gasteiger partial charge in [-0.2, -0.15) is 0 Å². The van der Waals surface area contributed by atoms with Crippen LogP contribution in [0.4, 0.5) is 8.78 Å². The van der Waals surface area contributed by atoms with E-state index in [4.69, 9.17) is 5.73 Å². The Balaban J connectivity index is 3.06. The molecule has 1 rings (SSSR count). The van der Waals surface area contributed by atoms with E-state index in [-0.39, 0.29) is 5.56 Å². The van der Waals surface area contributed by atoms with Gasteiger partial charge in [0.15, 0.2) is 5.76 Å². The molecule has 0 saturated heterocycles. The van der Waals surface area contributed by atoms with Gasteiger partial charge in [-0.15, -0.1) is 0 Å². The fraction of sp³-hybridized carbons (Fsp3) is 0.167. The minimum atomic E-state index is -2.80. The maximum Gasteiger partial charge on any atom is 0.296 e. The number of nitrogens with two attached hydrogens (primary N) is 1. The van der Waals surface area contributed by atoms with Gasteiger partial charge in [0.2, 0.25) is 0 Å². The molecule has 5 heteroatoms. The standard InChI is InChI=1S/C6H5F2NO2/c7-5(8)4-3(6(9)10)1-2-11-4/h1-2,5H,(H2,9,10). The molecule has 0 bridgehead atoms. The summed E-state index contributed by atoms with van der Waals surface area (Å²) in [5.74, 6) is -1.58. The molecule has 0 spiro atoms. The van der Waals surface area contributed by atoms with Crippen molar-refractivity contribution in [2.45, 2.75) is 6.43 Å². The van der Waals surface area contributed by atoms with E-state index in [0.29, 0.717) is 0 Å². The molecule has 0 aliphatic heterocycles. The molecule has 3 nitrogen and oxygen atoms in total. The van der Waals surface area contributed by atoms with Crippen molar-refractivity contribution in [3.63, 3.8) is 0 Å². The summed E-state index contributed by atoms with van der Waals surface area (Å²) in [6.45, 7) is 0. The summed E-state index contributed by atoms with van der Waals surface area (Å²) >= 11 is 0.